The van der Waals surface area contributed by atoms with Gasteiger partial charge in [-0.15, -0.1) is 0 Å². The fourth-order valence-corrected chi connectivity index (χ4v) is 3.77. The van der Waals surface area contributed by atoms with E-state index in [1.54, 1.807) is 6.20 Å². The Balaban J connectivity index is 1.70. The molecule has 0 spiro atoms. The highest BCUT2D eigenvalue weighted by Crippen LogP contribution is 2.35. The van der Waals surface area contributed by atoms with Gasteiger partial charge in [-0.05, 0) is 47.5 Å². The molecule has 3 aromatic heterocycles. The van der Waals surface area contributed by atoms with Gasteiger partial charge in [0.2, 0.25) is 0 Å². The van der Waals surface area contributed by atoms with Crippen molar-refractivity contribution in [2.24, 2.45) is 0 Å². The zero-order valence-electron chi connectivity index (χ0n) is 17.9. The van der Waals surface area contributed by atoms with Gasteiger partial charge in [0.1, 0.15) is 12.1 Å². The molecule has 5 aromatic rings. The second kappa shape index (κ2) is 8.07. The maximum absolute atomic E-state index is 6.28. The van der Waals surface area contributed by atoms with Crippen LogP contribution in [0.25, 0.3) is 44.7 Å². The Morgan fingerprint density at radius 1 is 0.719 bits per heavy atom. The summed E-state index contributed by atoms with van der Waals surface area (Å²) in [5, 5.41) is 0.749. The topological polar surface area (TPSA) is 80.8 Å². The smallest absolute Gasteiger partial charge is 0.165 e. The summed E-state index contributed by atoms with van der Waals surface area (Å²) >= 11 is 0. The Morgan fingerprint density at radius 3 is 2.28 bits per heavy atom. The molecule has 0 bridgehead atoms. The zero-order valence-corrected chi connectivity index (χ0v) is 17.9. The Morgan fingerprint density at radius 2 is 1.53 bits per heavy atom. The third-order valence-corrected chi connectivity index (χ3v) is 5.45. The van der Waals surface area contributed by atoms with Gasteiger partial charge < -0.3 is 10.6 Å². The summed E-state index contributed by atoms with van der Waals surface area (Å²) in [6.07, 6.45) is 3.25. The number of benzene rings is 2. The van der Waals surface area contributed by atoms with E-state index in [9.17, 15) is 0 Å². The summed E-state index contributed by atoms with van der Waals surface area (Å²) in [6, 6.07) is 24.5. The normalized spacial score (nSPS) is 10.9. The van der Waals surface area contributed by atoms with Crippen LogP contribution in [0.15, 0.2) is 85.3 Å². The van der Waals surface area contributed by atoms with Gasteiger partial charge in [-0.2, -0.15) is 0 Å². The molecule has 0 atom stereocenters. The number of aromatic nitrogens is 4. The zero-order chi connectivity index (χ0) is 22.1. The van der Waals surface area contributed by atoms with Crippen LogP contribution in [0.2, 0.25) is 0 Å². The number of fused-ring (bicyclic) bond motifs is 1. The number of nitrogen functional groups attached to an aromatic ring is 1. The van der Waals surface area contributed by atoms with Gasteiger partial charge in [0.15, 0.2) is 5.65 Å². The standard InChI is InChI=1S/C26H22N6/c1-32(2)20-11-9-17(10-12-20)23-15-21(24-25(27)29-16-30-26(24)31-23)18-6-5-7-19(14-18)22-8-3-4-13-28-22/h3-16H,1-2H3,(H2,27,29,30,31). The summed E-state index contributed by atoms with van der Waals surface area (Å²) in [6.45, 7) is 0. The molecule has 0 amide bonds. The van der Waals surface area contributed by atoms with Crippen LogP contribution >= 0.6 is 0 Å². The van der Waals surface area contributed by atoms with Crippen molar-refractivity contribution in [1.29, 1.82) is 0 Å². The lowest BCUT2D eigenvalue weighted by Crippen LogP contribution is -2.08. The van der Waals surface area contributed by atoms with Crippen molar-refractivity contribution >= 4 is 22.5 Å². The lowest BCUT2D eigenvalue weighted by atomic mass is 9.97. The molecule has 0 radical (unpaired) electrons. The van der Waals surface area contributed by atoms with Crippen LogP contribution in [0, 0.1) is 0 Å². The lowest BCUT2D eigenvalue weighted by Gasteiger charge is -2.14. The minimum Gasteiger partial charge on any atom is -0.383 e. The predicted molar refractivity (Wildman–Crippen MR) is 130 cm³/mol. The van der Waals surface area contributed by atoms with Crippen LogP contribution in [-0.4, -0.2) is 34.0 Å². The fourth-order valence-electron chi connectivity index (χ4n) is 3.77. The monoisotopic (exact) mass is 418 g/mol. The van der Waals surface area contributed by atoms with Crippen LogP contribution in [0.3, 0.4) is 0 Å². The minimum atomic E-state index is 0.412. The Bertz CT molecular complexity index is 1400. The Labute approximate surface area is 186 Å². The molecular formula is C26H22N6. The molecule has 0 saturated heterocycles. The molecule has 0 saturated carbocycles. The predicted octanol–water partition coefficient (Wildman–Crippen LogP) is 5.07. The van der Waals surface area contributed by atoms with E-state index in [2.05, 4.69) is 68.4 Å². The molecule has 0 fully saturated rings. The Hall–Kier alpha value is -4.32. The van der Waals surface area contributed by atoms with E-state index in [0.29, 0.717) is 11.5 Å². The fraction of sp³-hybridized carbons (Fsp3) is 0.0769. The van der Waals surface area contributed by atoms with Crippen molar-refractivity contribution in [2.75, 3.05) is 24.7 Å². The average Bonchev–Trinajstić information content (AvgIpc) is 2.84. The molecule has 3 heterocycles. The summed E-state index contributed by atoms with van der Waals surface area (Å²) < 4.78 is 0. The van der Waals surface area contributed by atoms with Crippen LogP contribution in [0.5, 0.6) is 0 Å². The highest BCUT2D eigenvalue weighted by atomic mass is 15.1. The Kier molecular flexibility index (Phi) is 4.95. The first kappa shape index (κ1) is 19.6. The van der Waals surface area contributed by atoms with Crippen molar-refractivity contribution in [3.05, 3.63) is 85.3 Å². The molecule has 5 rings (SSSR count). The minimum absolute atomic E-state index is 0.412. The van der Waals surface area contributed by atoms with E-state index in [0.717, 1.165) is 44.7 Å². The van der Waals surface area contributed by atoms with Gasteiger partial charge >= 0.3 is 0 Å². The molecule has 0 unspecified atom stereocenters. The molecule has 156 valence electrons. The molecule has 6 nitrogen and oxygen atoms in total. The van der Waals surface area contributed by atoms with Crippen LogP contribution in [-0.2, 0) is 0 Å². The summed E-state index contributed by atoms with van der Waals surface area (Å²) in [5.74, 6) is 0.412. The number of pyridine rings is 2. The van der Waals surface area contributed by atoms with Gasteiger partial charge in [0.25, 0.3) is 0 Å². The van der Waals surface area contributed by atoms with Crippen molar-refractivity contribution in [2.45, 2.75) is 0 Å². The van der Waals surface area contributed by atoms with E-state index >= 15 is 0 Å². The first-order chi connectivity index (χ1) is 15.6. The lowest BCUT2D eigenvalue weighted by molar-refractivity contribution is 1.13. The van der Waals surface area contributed by atoms with Crippen LogP contribution < -0.4 is 10.6 Å². The number of nitrogens with zero attached hydrogens (tertiary/aromatic N) is 5. The van der Waals surface area contributed by atoms with Gasteiger partial charge in [0, 0.05) is 37.1 Å². The summed E-state index contributed by atoms with van der Waals surface area (Å²) in [4.78, 5) is 20.0. The summed E-state index contributed by atoms with van der Waals surface area (Å²) in [7, 11) is 4.05. The van der Waals surface area contributed by atoms with Gasteiger partial charge in [-0.3, -0.25) is 4.98 Å². The van der Waals surface area contributed by atoms with Crippen LogP contribution in [0.4, 0.5) is 11.5 Å². The number of rotatable bonds is 4. The SMILES string of the molecule is CN(C)c1ccc(-c2cc(-c3cccc(-c4ccccn4)c3)c3c(N)ncnc3n2)cc1. The molecule has 2 N–H and O–H groups in total. The quantitative estimate of drug-likeness (QED) is 0.439. The third-order valence-electron chi connectivity index (χ3n) is 5.45. The highest BCUT2D eigenvalue weighted by Gasteiger charge is 2.14. The molecule has 0 aliphatic heterocycles. The maximum atomic E-state index is 6.28. The number of hydrogen-bond donors (Lipinski definition) is 1. The van der Waals surface area contributed by atoms with Gasteiger partial charge in [-0.25, -0.2) is 15.0 Å². The van der Waals surface area contributed by atoms with Crippen molar-refractivity contribution in [3.8, 4) is 33.6 Å². The first-order valence-electron chi connectivity index (χ1n) is 10.3. The number of nitrogens with two attached hydrogens (primary N) is 1. The molecule has 2 aromatic carbocycles. The van der Waals surface area contributed by atoms with E-state index in [1.807, 2.05) is 38.4 Å². The molecule has 32 heavy (non-hydrogen) atoms. The molecule has 0 aliphatic carbocycles. The maximum Gasteiger partial charge on any atom is 0.165 e. The van der Waals surface area contributed by atoms with E-state index < -0.39 is 0 Å². The highest BCUT2D eigenvalue weighted by molar-refractivity contribution is 6.01. The van der Waals surface area contributed by atoms with Crippen molar-refractivity contribution in [3.63, 3.8) is 0 Å². The summed E-state index contributed by atoms with van der Waals surface area (Å²) in [5.41, 5.74) is 13.7. The largest absolute Gasteiger partial charge is 0.383 e. The van der Waals surface area contributed by atoms with E-state index in [-0.39, 0.29) is 0 Å². The average molecular weight is 419 g/mol. The molecule has 6 heteroatoms. The molecule has 0 aliphatic rings. The van der Waals surface area contributed by atoms with Crippen molar-refractivity contribution < 1.29 is 0 Å². The van der Waals surface area contributed by atoms with E-state index in [4.69, 9.17) is 10.7 Å². The first-order valence-corrected chi connectivity index (χ1v) is 10.3. The second-order valence-corrected chi connectivity index (χ2v) is 7.75. The van der Waals surface area contributed by atoms with Crippen molar-refractivity contribution in [1.82, 2.24) is 19.9 Å². The van der Waals surface area contributed by atoms with Gasteiger partial charge in [-0.1, -0.05) is 36.4 Å². The second-order valence-electron chi connectivity index (χ2n) is 7.75. The third kappa shape index (κ3) is 3.63. The number of anilines is 2. The molecular weight excluding hydrogens is 396 g/mol. The number of hydrogen-bond acceptors (Lipinski definition) is 6. The van der Waals surface area contributed by atoms with Crippen LogP contribution in [0.1, 0.15) is 0 Å². The van der Waals surface area contributed by atoms with Gasteiger partial charge in [0.05, 0.1) is 16.8 Å². The van der Waals surface area contributed by atoms with E-state index in [1.165, 1.54) is 6.33 Å².